The van der Waals surface area contributed by atoms with E-state index >= 15 is 0 Å². The number of allylic oxidation sites excluding steroid dienone is 1. The highest BCUT2D eigenvalue weighted by atomic mass is 19.4. The van der Waals surface area contributed by atoms with Crippen molar-refractivity contribution in [3.63, 3.8) is 0 Å². The highest BCUT2D eigenvalue weighted by molar-refractivity contribution is 5.81. The van der Waals surface area contributed by atoms with Crippen molar-refractivity contribution in [2.75, 3.05) is 0 Å². The van der Waals surface area contributed by atoms with E-state index in [1.165, 1.54) is 12.1 Å². The van der Waals surface area contributed by atoms with Crippen LogP contribution in [0.1, 0.15) is 5.56 Å². The number of rotatable bonds is 3. The van der Waals surface area contributed by atoms with Crippen LogP contribution in [0.4, 0.5) is 13.2 Å². The number of aliphatic carboxylic acids is 1. The molecule has 0 radical (unpaired) electrons. The number of alkyl halides is 3. The molecule has 0 unspecified atom stereocenters. The van der Waals surface area contributed by atoms with Gasteiger partial charge in [0.2, 0.25) is 0 Å². The van der Waals surface area contributed by atoms with Gasteiger partial charge in [-0.2, -0.15) is 13.2 Å². The Morgan fingerprint density at radius 1 is 1.25 bits per heavy atom. The van der Waals surface area contributed by atoms with E-state index in [0.717, 1.165) is 0 Å². The van der Waals surface area contributed by atoms with Crippen LogP contribution in [0, 0.1) is 0 Å². The van der Waals surface area contributed by atoms with E-state index < -0.39 is 24.1 Å². The fourth-order valence-electron chi connectivity index (χ4n) is 1.20. The molecule has 0 fully saturated rings. The Morgan fingerprint density at radius 2 is 1.81 bits per heavy atom. The quantitative estimate of drug-likeness (QED) is 0.810. The summed E-state index contributed by atoms with van der Waals surface area (Å²) in [5.74, 6) is -1.59. The Bertz CT molecular complexity index is 393. The minimum absolute atomic E-state index is 0.201. The third-order valence-corrected chi connectivity index (χ3v) is 1.90. The number of carbonyl (C=O) groups is 1. The average Bonchev–Trinajstić information content (AvgIpc) is 2.16. The van der Waals surface area contributed by atoms with E-state index in [0.29, 0.717) is 5.56 Å². The SMILES string of the molecule is O=C(O)C=C(Cc1ccccc1)C(F)(F)F. The first kappa shape index (κ1) is 12.3. The molecule has 0 heterocycles. The lowest BCUT2D eigenvalue weighted by Gasteiger charge is -2.10. The molecule has 0 aliphatic rings. The van der Waals surface area contributed by atoms with Crippen molar-refractivity contribution in [2.45, 2.75) is 12.6 Å². The van der Waals surface area contributed by atoms with E-state index in [2.05, 4.69) is 0 Å². The van der Waals surface area contributed by atoms with Crippen molar-refractivity contribution in [3.8, 4) is 0 Å². The fourth-order valence-corrected chi connectivity index (χ4v) is 1.20. The van der Waals surface area contributed by atoms with Gasteiger partial charge in [-0.25, -0.2) is 4.79 Å². The smallest absolute Gasteiger partial charge is 0.413 e. The fraction of sp³-hybridized carbons (Fsp3) is 0.182. The largest absolute Gasteiger partial charge is 0.478 e. The molecule has 0 aliphatic heterocycles. The lowest BCUT2D eigenvalue weighted by molar-refractivity contribution is -0.132. The van der Waals surface area contributed by atoms with Crippen molar-refractivity contribution in [1.29, 1.82) is 0 Å². The van der Waals surface area contributed by atoms with Crippen molar-refractivity contribution < 1.29 is 23.1 Å². The standard InChI is InChI=1S/C11H9F3O2/c12-11(13,14)9(7-10(15)16)6-8-4-2-1-3-5-8/h1-5,7H,6H2,(H,15,16). The molecule has 1 rings (SSSR count). The Morgan fingerprint density at radius 3 is 2.25 bits per heavy atom. The normalized spacial score (nSPS) is 12.6. The summed E-state index contributed by atoms with van der Waals surface area (Å²) in [5, 5.41) is 8.35. The second-order valence-electron chi connectivity index (χ2n) is 3.17. The van der Waals surface area contributed by atoms with Gasteiger partial charge in [0, 0.05) is 18.1 Å². The first-order chi connectivity index (χ1) is 7.39. The summed E-state index contributed by atoms with van der Waals surface area (Å²) in [7, 11) is 0. The van der Waals surface area contributed by atoms with Gasteiger partial charge in [0.15, 0.2) is 0 Å². The molecule has 1 aromatic rings. The molecule has 1 aromatic carbocycles. The summed E-state index contributed by atoms with van der Waals surface area (Å²) < 4.78 is 37.3. The molecule has 0 atom stereocenters. The van der Waals surface area contributed by atoms with Crippen molar-refractivity contribution in [3.05, 3.63) is 47.5 Å². The van der Waals surface area contributed by atoms with Crippen LogP contribution in [0.2, 0.25) is 0 Å². The summed E-state index contributed by atoms with van der Waals surface area (Å²) in [5.41, 5.74) is -0.640. The number of hydrogen-bond donors (Lipinski definition) is 1. The minimum atomic E-state index is -4.62. The van der Waals surface area contributed by atoms with Crippen molar-refractivity contribution in [1.82, 2.24) is 0 Å². The maximum Gasteiger partial charge on any atom is 0.413 e. The zero-order valence-electron chi connectivity index (χ0n) is 8.16. The van der Waals surface area contributed by atoms with Gasteiger partial charge in [0.05, 0.1) is 0 Å². The Balaban J connectivity index is 2.93. The van der Waals surface area contributed by atoms with E-state index in [9.17, 15) is 18.0 Å². The van der Waals surface area contributed by atoms with Crippen LogP contribution in [0.5, 0.6) is 0 Å². The molecule has 0 amide bonds. The second-order valence-corrected chi connectivity index (χ2v) is 3.17. The molecule has 0 saturated heterocycles. The first-order valence-corrected chi connectivity index (χ1v) is 4.44. The Hall–Kier alpha value is -1.78. The van der Waals surface area contributed by atoms with Crippen molar-refractivity contribution >= 4 is 5.97 Å². The van der Waals surface area contributed by atoms with Crippen LogP contribution in [-0.4, -0.2) is 17.3 Å². The summed E-state index contributed by atoms with van der Waals surface area (Å²) in [6.07, 6.45) is -4.85. The highest BCUT2D eigenvalue weighted by Crippen LogP contribution is 2.28. The summed E-state index contributed by atoms with van der Waals surface area (Å²) >= 11 is 0. The third kappa shape index (κ3) is 3.76. The number of hydrogen-bond acceptors (Lipinski definition) is 1. The van der Waals surface area contributed by atoms with Crippen molar-refractivity contribution in [2.24, 2.45) is 0 Å². The Kier molecular flexibility index (Phi) is 3.71. The van der Waals surface area contributed by atoms with Crippen LogP contribution >= 0.6 is 0 Å². The summed E-state index contributed by atoms with van der Waals surface area (Å²) in [6, 6.07) is 7.91. The first-order valence-electron chi connectivity index (χ1n) is 4.44. The van der Waals surface area contributed by atoms with Crippen LogP contribution in [0.15, 0.2) is 42.0 Å². The van der Waals surface area contributed by atoms with Crippen LogP contribution in [-0.2, 0) is 11.2 Å². The zero-order valence-corrected chi connectivity index (χ0v) is 8.16. The predicted octanol–water partition coefficient (Wildman–Crippen LogP) is 2.80. The third-order valence-electron chi connectivity index (χ3n) is 1.90. The van der Waals surface area contributed by atoms with Gasteiger partial charge < -0.3 is 5.11 Å². The van der Waals surface area contributed by atoms with Crippen LogP contribution < -0.4 is 0 Å². The van der Waals surface area contributed by atoms with E-state index in [-0.39, 0.29) is 6.08 Å². The Labute approximate surface area is 90.0 Å². The van der Waals surface area contributed by atoms with Gasteiger partial charge in [0.1, 0.15) is 0 Å². The molecular formula is C11H9F3O2. The monoisotopic (exact) mass is 230 g/mol. The number of carboxylic acid groups (broad SMARTS) is 1. The number of carboxylic acids is 1. The minimum Gasteiger partial charge on any atom is -0.478 e. The molecule has 1 N–H and O–H groups in total. The molecule has 0 spiro atoms. The van der Waals surface area contributed by atoms with E-state index in [4.69, 9.17) is 5.11 Å². The number of benzene rings is 1. The second kappa shape index (κ2) is 4.83. The maximum absolute atomic E-state index is 12.4. The molecule has 0 aromatic heterocycles. The van der Waals surface area contributed by atoms with Gasteiger partial charge in [-0.1, -0.05) is 30.3 Å². The molecule has 5 heteroatoms. The molecule has 0 saturated carbocycles. The van der Waals surface area contributed by atoms with Gasteiger partial charge in [-0.15, -0.1) is 0 Å². The topological polar surface area (TPSA) is 37.3 Å². The van der Waals surface area contributed by atoms with Gasteiger partial charge in [-0.3, -0.25) is 0 Å². The number of halogens is 3. The van der Waals surface area contributed by atoms with Gasteiger partial charge >= 0.3 is 12.1 Å². The van der Waals surface area contributed by atoms with Gasteiger partial charge in [0.25, 0.3) is 0 Å². The molecule has 0 aliphatic carbocycles. The van der Waals surface area contributed by atoms with E-state index in [1.807, 2.05) is 0 Å². The molecule has 86 valence electrons. The zero-order chi connectivity index (χ0) is 12.2. The average molecular weight is 230 g/mol. The van der Waals surface area contributed by atoms with E-state index in [1.54, 1.807) is 18.2 Å². The lowest BCUT2D eigenvalue weighted by atomic mass is 10.0. The summed E-state index contributed by atoms with van der Waals surface area (Å²) in [6.45, 7) is 0. The molecule has 2 nitrogen and oxygen atoms in total. The molecular weight excluding hydrogens is 221 g/mol. The van der Waals surface area contributed by atoms with Gasteiger partial charge in [-0.05, 0) is 5.56 Å². The van der Waals surface area contributed by atoms with Crippen LogP contribution in [0.25, 0.3) is 0 Å². The highest BCUT2D eigenvalue weighted by Gasteiger charge is 2.33. The molecule has 0 bridgehead atoms. The lowest BCUT2D eigenvalue weighted by Crippen LogP contribution is -2.15. The maximum atomic E-state index is 12.4. The van der Waals surface area contributed by atoms with Crippen LogP contribution in [0.3, 0.4) is 0 Å². The molecule has 16 heavy (non-hydrogen) atoms. The summed E-state index contributed by atoms with van der Waals surface area (Å²) in [4.78, 5) is 10.3. The predicted molar refractivity (Wildman–Crippen MR) is 51.9 cm³/mol.